The first-order chi connectivity index (χ1) is 10.5. The molecule has 0 radical (unpaired) electrons. The van der Waals surface area contributed by atoms with Gasteiger partial charge in [-0.15, -0.1) is 0 Å². The zero-order chi connectivity index (χ0) is 15.8. The van der Waals surface area contributed by atoms with Crippen LogP contribution in [0, 0.1) is 0 Å². The summed E-state index contributed by atoms with van der Waals surface area (Å²) in [6.45, 7) is 0.513. The fraction of sp³-hybridized carbons (Fsp3) is 0.294. The topological polar surface area (TPSA) is 66.4 Å². The third-order valence-corrected chi connectivity index (χ3v) is 4.05. The second kappa shape index (κ2) is 7.96. The molecule has 0 amide bonds. The van der Waals surface area contributed by atoms with Crippen molar-refractivity contribution in [1.82, 2.24) is 0 Å². The average molecular weight is 319 g/mol. The van der Waals surface area contributed by atoms with Crippen molar-refractivity contribution in [1.29, 1.82) is 0 Å². The number of aryl methyl sites for hydroxylation is 1. The van der Waals surface area contributed by atoms with Gasteiger partial charge in [0.25, 0.3) is 0 Å². The van der Waals surface area contributed by atoms with Gasteiger partial charge in [-0.1, -0.05) is 42.5 Å². The molecule has 0 heterocycles. The Kier molecular flexibility index (Phi) is 5.98. The van der Waals surface area contributed by atoms with Crippen LogP contribution in [0.25, 0.3) is 0 Å². The Hall–Kier alpha value is -1.85. The molecule has 0 saturated carbocycles. The summed E-state index contributed by atoms with van der Waals surface area (Å²) < 4.78 is 37.4. The van der Waals surface area contributed by atoms with Gasteiger partial charge in [0.2, 0.25) is 0 Å². The molecule has 22 heavy (non-hydrogen) atoms. The number of hydrogen-bond acceptors (Lipinski definition) is 4. The van der Waals surface area contributed by atoms with Gasteiger partial charge >= 0.3 is 0 Å². The summed E-state index contributed by atoms with van der Waals surface area (Å²) in [5.41, 5.74) is 2.18. The summed E-state index contributed by atoms with van der Waals surface area (Å²) in [5.74, 6) is 0.495. The number of unbranched alkanes of at least 4 members (excludes halogenated alkanes) is 1. The Morgan fingerprint density at radius 2 is 1.64 bits per heavy atom. The molecule has 2 rings (SSSR count). The molecule has 0 aliphatic heterocycles. The maximum Gasteiger partial charge on any atom is 0.120 e. The molecule has 0 atom stereocenters. The van der Waals surface area contributed by atoms with Gasteiger partial charge in [0.15, 0.2) is 0 Å². The highest BCUT2D eigenvalue weighted by molar-refractivity contribution is 7.85. The van der Waals surface area contributed by atoms with Crippen LogP contribution in [0.15, 0.2) is 54.6 Å². The molecule has 0 N–H and O–H groups in total. The second-order valence-corrected chi connectivity index (χ2v) is 6.66. The Labute approximate surface area is 131 Å². The van der Waals surface area contributed by atoms with E-state index in [-0.39, 0.29) is 5.75 Å². The number of ether oxygens (including phenoxy) is 1. The lowest BCUT2D eigenvalue weighted by atomic mass is 10.1. The van der Waals surface area contributed by atoms with Crippen molar-refractivity contribution in [3.8, 4) is 5.75 Å². The fourth-order valence-corrected chi connectivity index (χ4v) is 2.70. The van der Waals surface area contributed by atoms with Crippen LogP contribution in [0.2, 0.25) is 0 Å². The minimum absolute atomic E-state index is 0.294. The zero-order valence-corrected chi connectivity index (χ0v) is 13.1. The predicted molar refractivity (Wildman–Crippen MR) is 84.7 cm³/mol. The number of benzene rings is 2. The Balaban J connectivity index is 1.82. The van der Waals surface area contributed by atoms with E-state index in [1.807, 2.05) is 54.6 Å². The van der Waals surface area contributed by atoms with Gasteiger partial charge in [-0.2, -0.15) is 0 Å². The van der Waals surface area contributed by atoms with Crippen LogP contribution >= 0.6 is 0 Å². The van der Waals surface area contributed by atoms with E-state index in [1.54, 1.807) is 0 Å². The van der Waals surface area contributed by atoms with E-state index in [2.05, 4.69) is 0 Å². The van der Waals surface area contributed by atoms with E-state index in [0.717, 1.165) is 23.3 Å². The summed E-state index contributed by atoms with van der Waals surface area (Å²) in [6.07, 6.45) is 1.79. The maximum absolute atomic E-state index is 10.5. The molecule has 4 nitrogen and oxygen atoms in total. The largest absolute Gasteiger partial charge is 0.748 e. The highest BCUT2D eigenvalue weighted by Crippen LogP contribution is 2.17. The molecule has 0 aromatic heterocycles. The van der Waals surface area contributed by atoms with Crippen LogP contribution in [0.3, 0.4) is 0 Å². The molecule has 0 spiro atoms. The van der Waals surface area contributed by atoms with Gasteiger partial charge < -0.3 is 9.29 Å². The lowest BCUT2D eigenvalue weighted by Crippen LogP contribution is -2.04. The summed E-state index contributed by atoms with van der Waals surface area (Å²) >= 11 is 0. The highest BCUT2D eigenvalue weighted by Gasteiger charge is 2.00. The first-order valence-corrected chi connectivity index (χ1v) is 8.80. The van der Waals surface area contributed by atoms with E-state index < -0.39 is 10.1 Å². The Morgan fingerprint density at radius 3 is 2.36 bits per heavy atom. The van der Waals surface area contributed by atoms with Crippen LogP contribution < -0.4 is 4.74 Å². The van der Waals surface area contributed by atoms with Gasteiger partial charge in [0.05, 0.1) is 10.1 Å². The first-order valence-electron chi connectivity index (χ1n) is 7.22. The highest BCUT2D eigenvalue weighted by atomic mass is 32.2. The van der Waals surface area contributed by atoms with Crippen molar-refractivity contribution in [2.75, 3.05) is 5.75 Å². The van der Waals surface area contributed by atoms with Crippen molar-refractivity contribution in [2.45, 2.75) is 25.9 Å². The van der Waals surface area contributed by atoms with Crippen molar-refractivity contribution >= 4 is 10.1 Å². The third kappa shape index (κ3) is 6.28. The molecular formula is C17H19O4S-. The van der Waals surface area contributed by atoms with Crippen LogP contribution in [0.5, 0.6) is 5.75 Å². The molecule has 0 aliphatic carbocycles. The molecule has 2 aromatic rings. The number of rotatable bonds is 8. The van der Waals surface area contributed by atoms with Crippen molar-refractivity contribution < 1.29 is 17.7 Å². The van der Waals surface area contributed by atoms with Crippen LogP contribution in [-0.4, -0.2) is 18.7 Å². The number of hydrogen-bond donors (Lipinski definition) is 0. The Bertz CT molecular complexity index is 681. The maximum atomic E-state index is 10.5. The Morgan fingerprint density at radius 1 is 0.909 bits per heavy atom. The molecule has 0 aliphatic rings. The van der Waals surface area contributed by atoms with E-state index in [4.69, 9.17) is 4.74 Å². The van der Waals surface area contributed by atoms with Crippen molar-refractivity contribution in [2.24, 2.45) is 0 Å². The predicted octanol–water partition coefficient (Wildman–Crippen LogP) is 3.13. The molecule has 0 bridgehead atoms. The summed E-state index contributed by atoms with van der Waals surface area (Å²) in [7, 11) is -4.10. The lowest BCUT2D eigenvalue weighted by Gasteiger charge is -2.09. The van der Waals surface area contributed by atoms with E-state index >= 15 is 0 Å². The smallest absolute Gasteiger partial charge is 0.120 e. The van der Waals surface area contributed by atoms with Gasteiger partial charge in [-0.05, 0) is 42.5 Å². The van der Waals surface area contributed by atoms with Crippen LogP contribution in [-0.2, 0) is 23.1 Å². The minimum Gasteiger partial charge on any atom is -0.748 e. The molecular weight excluding hydrogens is 300 g/mol. The lowest BCUT2D eigenvalue weighted by molar-refractivity contribution is 0.306. The summed E-state index contributed by atoms with van der Waals surface area (Å²) in [4.78, 5) is 0. The van der Waals surface area contributed by atoms with Gasteiger partial charge in [-0.3, -0.25) is 0 Å². The molecule has 0 fully saturated rings. The fourth-order valence-electron chi connectivity index (χ4n) is 2.14. The molecule has 0 saturated heterocycles. The molecule has 0 unspecified atom stereocenters. The molecule has 5 heteroatoms. The summed E-state index contributed by atoms with van der Waals surface area (Å²) in [6, 6.07) is 17.7. The first kappa shape index (κ1) is 16.5. The van der Waals surface area contributed by atoms with E-state index in [9.17, 15) is 13.0 Å². The summed E-state index contributed by atoms with van der Waals surface area (Å²) in [5, 5.41) is 0. The third-order valence-electron chi connectivity index (χ3n) is 3.26. The second-order valence-electron chi connectivity index (χ2n) is 5.14. The molecule has 118 valence electrons. The monoisotopic (exact) mass is 319 g/mol. The van der Waals surface area contributed by atoms with Crippen molar-refractivity contribution in [3.63, 3.8) is 0 Å². The molecule has 2 aromatic carbocycles. The van der Waals surface area contributed by atoms with Gasteiger partial charge in [0, 0.05) is 5.75 Å². The standard InChI is InChI=1S/C17H20O4S/c18-22(19,20)12-5-4-7-15-10-6-11-17(13-15)21-14-16-8-2-1-3-9-16/h1-3,6,8-11,13H,4-5,7,12,14H2,(H,18,19,20)/p-1. The zero-order valence-electron chi connectivity index (χ0n) is 12.3. The van der Waals surface area contributed by atoms with Gasteiger partial charge in [-0.25, -0.2) is 8.42 Å². The van der Waals surface area contributed by atoms with E-state index in [1.165, 1.54) is 0 Å². The van der Waals surface area contributed by atoms with E-state index in [0.29, 0.717) is 19.4 Å². The quantitative estimate of drug-likeness (QED) is 0.554. The SMILES string of the molecule is O=S(=O)([O-])CCCCc1cccc(OCc2ccccc2)c1. The average Bonchev–Trinajstić information content (AvgIpc) is 2.50. The van der Waals surface area contributed by atoms with Crippen LogP contribution in [0.4, 0.5) is 0 Å². The normalized spacial score (nSPS) is 11.3. The minimum atomic E-state index is -4.10. The van der Waals surface area contributed by atoms with Crippen LogP contribution in [0.1, 0.15) is 24.0 Å². The van der Waals surface area contributed by atoms with Gasteiger partial charge in [0.1, 0.15) is 12.4 Å². The van der Waals surface area contributed by atoms with Crippen molar-refractivity contribution in [3.05, 3.63) is 65.7 Å².